The second kappa shape index (κ2) is 9.20. The van der Waals surface area contributed by atoms with Gasteiger partial charge in [-0.15, -0.1) is 0 Å². The molecule has 2 rings (SSSR count). The lowest BCUT2D eigenvalue weighted by Gasteiger charge is -2.22. The number of ether oxygens (including phenoxy) is 2. The van der Waals surface area contributed by atoms with E-state index in [-0.39, 0.29) is 18.0 Å². The van der Waals surface area contributed by atoms with Gasteiger partial charge >= 0.3 is 0 Å². The minimum absolute atomic E-state index is 0.105. The first-order valence-corrected chi connectivity index (χ1v) is 8.23. The molecule has 0 radical (unpaired) electrons. The van der Waals surface area contributed by atoms with Crippen LogP contribution >= 0.6 is 11.6 Å². The summed E-state index contributed by atoms with van der Waals surface area (Å²) in [7, 11) is 0. The van der Waals surface area contributed by atoms with Crippen molar-refractivity contribution in [3.05, 3.63) is 34.9 Å². The smallest absolute Gasteiger partial charge is 0.250 e. The molecule has 23 heavy (non-hydrogen) atoms. The van der Waals surface area contributed by atoms with E-state index in [0.717, 1.165) is 5.56 Å². The highest BCUT2D eigenvalue weighted by atomic mass is 35.5. The van der Waals surface area contributed by atoms with Crippen molar-refractivity contribution in [2.45, 2.75) is 32.0 Å². The van der Waals surface area contributed by atoms with E-state index in [2.05, 4.69) is 16.2 Å². The Kier molecular flexibility index (Phi) is 7.26. The van der Waals surface area contributed by atoms with Gasteiger partial charge in [0.15, 0.2) is 0 Å². The molecule has 0 aromatic heterocycles. The molecule has 1 amide bonds. The summed E-state index contributed by atoms with van der Waals surface area (Å²) in [5.41, 5.74) is 7.23. The number of nitrogens with one attached hydrogen (secondary N) is 3. The van der Waals surface area contributed by atoms with Gasteiger partial charge in [0.05, 0.1) is 13.2 Å². The normalized spacial score (nSPS) is 22.0. The van der Waals surface area contributed by atoms with Crippen molar-refractivity contribution >= 4 is 17.5 Å². The number of hydrogen-bond donors (Lipinski definition) is 3. The zero-order chi connectivity index (χ0) is 16.7. The summed E-state index contributed by atoms with van der Waals surface area (Å²) < 4.78 is 10.7. The van der Waals surface area contributed by atoms with Gasteiger partial charge < -0.3 is 14.8 Å². The van der Waals surface area contributed by atoms with Gasteiger partial charge in [-0.25, -0.2) is 5.43 Å². The molecule has 3 N–H and O–H groups in total. The van der Waals surface area contributed by atoms with Crippen molar-refractivity contribution in [3.63, 3.8) is 0 Å². The summed E-state index contributed by atoms with van der Waals surface area (Å²) in [4.78, 5) is 12.2. The van der Waals surface area contributed by atoms with Gasteiger partial charge in [-0.1, -0.05) is 23.7 Å². The van der Waals surface area contributed by atoms with E-state index in [0.29, 0.717) is 31.4 Å². The molecule has 6 nitrogen and oxygen atoms in total. The highest BCUT2D eigenvalue weighted by molar-refractivity contribution is 6.30. The molecular weight excluding hydrogens is 318 g/mol. The van der Waals surface area contributed by atoms with E-state index < -0.39 is 6.10 Å². The second-order valence-electron chi connectivity index (χ2n) is 5.38. The number of hydrogen-bond acceptors (Lipinski definition) is 5. The van der Waals surface area contributed by atoms with Crippen molar-refractivity contribution in [2.24, 2.45) is 0 Å². The standard InChI is InChI=1S/C16H24ClN3O3/c1-3-22-7-8-23-11(2)16(21)19-15-14(10-18-20-15)12-5-4-6-13(17)9-12/h4-6,9,11,14-15,18,20H,3,7-8,10H2,1-2H3,(H,19,21). The Balaban J connectivity index is 1.86. The van der Waals surface area contributed by atoms with E-state index in [9.17, 15) is 4.79 Å². The summed E-state index contributed by atoms with van der Waals surface area (Å²) in [6, 6.07) is 7.67. The molecular formula is C16H24ClN3O3. The van der Waals surface area contributed by atoms with E-state index in [4.69, 9.17) is 21.1 Å². The molecule has 1 aromatic rings. The first-order chi connectivity index (χ1) is 11.1. The largest absolute Gasteiger partial charge is 0.379 e. The SMILES string of the molecule is CCOCCOC(C)C(=O)NC1NNCC1c1cccc(Cl)c1. The molecule has 3 unspecified atom stereocenters. The van der Waals surface area contributed by atoms with Crippen LogP contribution in [0.3, 0.4) is 0 Å². The second-order valence-corrected chi connectivity index (χ2v) is 5.82. The molecule has 0 aliphatic carbocycles. The number of hydrazine groups is 1. The van der Waals surface area contributed by atoms with Crippen LogP contribution in [0.25, 0.3) is 0 Å². The average Bonchev–Trinajstić information content (AvgIpc) is 2.99. The third-order valence-electron chi connectivity index (χ3n) is 3.73. The van der Waals surface area contributed by atoms with Crippen molar-refractivity contribution in [1.82, 2.24) is 16.2 Å². The number of halogens is 1. The van der Waals surface area contributed by atoms with E-state index >= 15 is 0 Å². The first-order valence-electron chi connectivity index (χ1n) is 7.85. The van der Waals surface area contributed by atoms with Gasteiger partial charge in [0.25, 0.3) is 0 Å². The molecule has 1 heterocycles. The number of carbonyl (C=O) groups is 1. The fourth-order valence-electron chi connectivity index (χ4n) is 2.46. The van der Waals surface area contributed by atoms with Crippen molar-refractivity contribution < 1.29 is 14.3 Å². The van der Waals surface area contributed by atoms with Crippen LogP contribution in [-0.4, -0.2) is 44.5 Å². The number of benzene rings is 1. The van der Waals surface area contributed by atoms with E-state index in [1.807, 2.05) is 31.2 Å². The summed E-state index contributed by atoms with van der Waals surface area (Å²) in [6.45, 7) is 5.90. The Morgan fingerprint density at radius 1 is 1.48 bits per heavy atom. The molecule has 1 saturated heterocycles. The fraction of sp³-hybridized carbons (Fsp3) is 0.562. The maximum atomic E-state index is 12.2. The Hall–Kier alpha value is -1.18. The minimum Gasteiger partial charge on any atom is -0.379 e. The summed E-state index contributed by atoms with van der Waals surface area (Å²) in [6.07, 6.45) is -0.739. The number of rotatable bonds is 8. The monoisotopic (exact) mass is 341 g/mol. The van der Waals surface area contributed by atoms with Crippen LogP contribution in [0.4, 0.5) is 0 Å². The molecule has 7 heteroatoms. The highest BCUT2D eigenvalue weighted by Gasteiger charge is 2.30. The van der Waals surface area contributed by atoms with Gasteiger partial charge in [-0.3, -0.25) is 10.2 Å². The third kappa shape index (κ3) is 5.44. The molecule has 1 fully saturated rings. The van der Waals surface area contributed by atoms with Crippen LogP contribution in [0.5, 0.6) is 0 Å². The Morgan fingerprint density at radius 3 is 3.04 bits per heavy atom. The van der Waals surface area contributed by atoms with Gasteiger partial charge in [0.2, 0.25) is 5.91 Å². The van der Waals surface area contributed by atoms with Crippen LogP contribution in [0, 0.1) is 0 Å². The van der Waals surface area contributed by atoms with Crippen molar-refractivity contribution in [3.8, 4) is 0 Å². The zero-order valence-corrected chi connectivity index (χ0v) is 14.2. The highest BCUT2D eigenvalue weighted by Crippen LogP contribution is 2.23. The summed E-state index contributed by atoms with van der Waals surface area (Å²) in [5.74, 6) is -0.0528. The first kappa shape index (κ1) is 18.2. The maximum Gasteiger partial charge on any atom is 0.250 e. The third-order valence-corrected chi connectivity index (χ3v) is 3.96. The lowest BCUT2D eigenvalue weighted by atomic mass is 9.97. The van der Waals surface area contributed by atoms with Gasteiger partial charge in [-0.05, 0) is 31.5 Å². The minimum atomic E-state index is -0.530. The average molecular weight is 342 g/mol. The molecule has 128 valence electrons. The molecule has 0 spiro atoms. The predicted molar refractivity (Wildman–Crippen MR) is 89.2 cm³/mol. The van der Waals surface area contributed by atoms with Gasteiger partial charge in [0.1, 0.15) is 12.3 Å². The van der Waals surface area contributed by atoms with Crippen LogP contribution in [0.2, 0.25) is 5.02 Å². The lowest BCUT2D eigenvalue weighted by molar-refractivity contribution is -0.133. The Labute approximate surface area is 141 Å². The summed E-state index contributed by atoms with van der Waals surface area (Å²) >= 11 is 6.05. The molecule has 0 saturated carbocycles. The predicted octanol–water partition coefficient (Wildman–Crippen LogP) is 1.42. The van der Waals surface area contributed by atoms with Crippen LogP contribution < -0.4 is 16.2 Å². The topological polar surface area (TPSA) is 71.6 Å². The maximum absolute atomic E-state index is 12.2. The summed E-state index contributed by atoms with van der Waals surface area (Å²) in [5, 5.41) is 3.65. The number of carbonyl (C=O) groups excluding carboxylic acids is 1. The van der Waals surface area contributed by atoms with Crippen LogP contribution in [0.1, 0.15) is 25.3 Å². The van der Waals surface area contributed by atoms with Crippen molar-refractivity contribution in [1.29, 1.82) is 0 Å². The molecule has 1 aliphatic rings. The zero-order valence-electron chi connectivity index (χ0n) is 13.5. The van der Waals surface area contributed by atoms with Crippen LogP contribution in [-0.2, 0) is 14.3 Å². The Morgan fingerprint density at radius 2 is 2.30 bits per heavy atom. The van der Waals surface area contributed by atoms with Gasteiger partial charge in [0, 0.05) is 24.1 Å². The molecule has 3 atom stereocenters. The number of amides is 1. The van der Waals surface area contributed by atoms with E-state index in [1.165, 1.54) is 0 Å². The Bertz CT molecular complexity index is 515. The molecule has 1 aliphatic heterocycles. The fourth-order valence-corrected chi connectivity index (χ4v) is 2.65. The van der Waals surface area contributed by atoms with Crippen molar-refractivity contribution in [2.75, 3.05) is 26.4 Å². The molecule has 1 aromatic carbocycles. The molecule has 0 bridgehead atoms. The van der Waals surface area contributed by atoms with E-state index in [1.54, 1.807) is 6.92 Å². The van der Waals surface area contributed by atoms with Gasteiger partial charge in [-0.2, -0.15) is 0 Å². The quantitative estimate of drug-likeness (QED) is 0.624. The lowest BCUT2D eigenvalue weighted by Crippen LogP contribution is -2.49. The van der Waals surface area contributed by atoms with Crippen LogP contribution in [0.15, 0.2) is 24.3 Å².